The smallest absolute Gasteiger partial charge is 0.256 e. The highest BCUT2D eigenvalue weighted by molar-refractivity contribution is 6.00. The van der Waals surface area contributed by atoms with Crippen molar-refractivity contribution in [3.8, 4) is 0 Å². The minimum absolute atomic E-state index is 0.0992. The lowest BCUT2D eigenvalue weighted by atomic mass is 9.71. The van der Waals surface area contributed by atoms with E-state index in [-0.39, 0.29) is 11.9 Å². The Bertz CT molecular complexity index is 1020. The predicted octanol–water partition coefficient (Wildman–Crippen LogP) is 4.23. The number of nitrogens with one attached hydrogen (secondary N) is 1. The molecule has 0 aliphatic heterocycles. The van der Waals surface area contributed by atoms with Crippen LogP contribution in [0.4, 0.5) is 11.5 Å². The van der Waals surface area contributed by atoms with Crippen LogP contribution in [0.2, 0.25) is 0 Å². The van der Waals surface area contributed by atoms with Gasteiger partial charge in [0.15, 0.2) is 5.65 Å². The first-order valence-electron chi connectivity index (χ1n) is 10.6. The molecule has 7 heteroatoms. The van der Waals surface area contributed by atoms with E-state index < -0.39 is 0 Å². The van der Waals surface area contributed by atoms with Crippen LogP contribution in [0.25, 0.3) is 5.65 Å². The zero-order valence-electron chi connectivity index (χ0n) is 18.2. The molecular formula is C23H30N6O. The molecule has 0 atom stereocenters. The van der Waals surface area contributed by atoms with Crippen LogP contribution in [0.1, 0.15) is 56.8 Å². The van der Waals surface area contributed by atoms with E-state index in [1.54, 1.807) is 23.1 Å². The van der Waals surface area contributed by atoms with Crippen LogP contribution >= 0.6 is 0 Å². The molecule has 0 unspecified atom stereocenters. The number of hydrogen-bond donors (Lipinski definition) is 1. The number of carbonyl (C=O) groups is 1. The second-order valence-electron chi connectivity index (χ2n) is 9.27. The summed E-state index contributed by atoms with van der Waals surface area (Å²) in [5.41, 5.74) is 2.33. The SMILES string of the molecule is CN(c1cccnc1)c1ccn2ncc(C(=O)NC3CCC(C(C)(C)C)CC3)c2n1. The Balaban J connectivity index is 1.50. The van der Waals surface area contributed by atoms with Gasteiger partial charge in [-0.15, -0.1) is 0 Å². The molecule has 158 valence electrons. The van der Waals surface area contributed by atoms with Crippen LogP contribution in [0.5, 0.6) is 0 Å². The molecule has 1 fully saturated rings. The molecule has 7 nitrogen and oxygen atoms in total. The van der Waals surface area contributed by atoms with E-state index in [0.29, 0.717) is 16.6 Å². The molecular weight excluding hydrogens is 376 g/mol. The molecule has 3 aromatic heterocycles. The first-order valence-corrected chi connectivity index (χ1v) is 10.6. The van der Waals surface area contributed by atoms with Crippen molar-refractivity contribution >= 4 is 23.1 Å². The Morgan fingerprint density at radius 3 is 2.60 bits per heavy atom. The second-order valence-corrected chi connectivity index (χ2v) is 9.27. The van der Waals surface area contributed by atoms with Crippen LogP contribution in [0.3, 0.4) is 0 Å². The van der Waals surface area contributed by atoms with Gasteiger partial charge >= 0.3 is 0 Å². The summed E-state index contributed by atoms with van der Waals surface area (Å²) in [4.78, 5) is 23.8. The van der Waals surface area contributed by atoms with E-state index in [9.17, 15) is 4.79 Å². The van der Waals surface area contributed by atoms with E-state index in [2.05, 4.69) is 36.2 Å². The number of nitrogens with zero attached hydrogens (tertiary/aromatic N) is 5. The molecule has 1 amide bonds. The lowest BCUT2D eigenvalue weighted by Crippen LogP contribution is -2.39. The Kier molecular flexibility index (Phi) is 5.45. The molecule has 1 aliphatic carbocycles. The number of anilines is 2. The molecule has 0 bridgehead atoms. The van der Waals surface area contributed by atoms with Crippen molar-refractivity contribution in [3.63, 3.8) is 0 Å². The number of carbonyl (C=O) groups excluding carboxylic acids is 1. The molecule has 0 radical (unpaired) electrons. The highest BCUT2D eigenvalue weighted by atomic mass is 16.1. The van der Waals surface area contributed by atoms with Gasteiger partial charge in [-0.25, -0.2) is 9.50 Å². The fraction of sp³-hybridized carbons (Fsp3) is 0.478. The van der Waals surface area contributed by atoms with Crippen LogP contribution < -0.4 is 10.2 Å². The van der Waals surface area contributed by atoms with Crippen molar-refractivity contribution in [2.24, 2.45) is 11.3 Å². The topological polar surface area (TPSA) is 75.4 Å². The number of hydrogen-bond acceptors (Lipinski definition) is 5. The summed E-state index contributed by atoms with van der Waals surface area (Å²) >= 11 is 0. The van der Waals surface area contributed by atoms with Crippen molar-refractivity contribution in [1.82, 2.24) is 24.9 Å². The van der Waals surface area contributed by atoms with Gasteiger partial charge in [-0.3, -0.25) is 9.78 Å². The normalized spacial score (nSPS) is 19.6. The lowest BCUT2D eigenvalue weighted by Gasteiger charge is -2.37. The van der Waals surface area contributed by atoms with Gasteiger partial charge in [-0.2, -0.15) is 5.10 Å². The van der Waals surface area contributed by atoms with Gasteiger partial charge in [0.2, 0.25) is 0 Å². The van der Waals surface area contributed by atoms with Crippen LogP contribution in [0, 0.1) is 11.3 Å². The predicted molar refractivity (Wildman–Crippen MR) is 118 cm³/mol. The molecule has 0 saturated heterocycles. The summed E-state index contributed by atoms with van der Waals surface area (Å²) in [5.74, 6) is 1.35. The van der Waals surface area contributed by atoms with Gasteiger partial charge in [0.25, 0.3) is 5.91 Å². The maximum absolute atomic E-state index is 13.0. The molecule has 3 aromatic rings. The van der Waals surface area contributed by atoms with Crippen molar-refractivity contribution in [3.05, 3.63) is 48.5 Å². The van der Waals surface area contributed by atoms with Crippen molar-refractivity contribution in [1.29, 1.82) is 0 Å². The number of amides is 1. The third-order valence-electron chi connectivity index (χ3n) is 6.26. The quantitative estimate of drug-likeness (QED) is 0.702. The minimum atomic E-state index is -0.0992. The van der Waals surface area contributed by atoms with Crippen LogP contribution in [-0.4, -0.2) is 38.6 Å². The number of fused-ring (bicyclic) bond motifs is 1. The summed E-state index contributed by atoms with van der Waals surface area (Å²) in [6.45, 7) is 6.92. The maximum Gasteiger partial charge on any atom is 0.256 e. The first-order chi connectivity index (χ1) is 14.3. The number of aromatic nitrogens is 4. The summed E-state index contributed by atoms with van der Waals surface area (Å²) < 4.78 is 1.64. The van der Waals surface area contributed by atoms with Crippen LogP contribution in [-0.2, 0) is 0 Å². The summed E-state index contributed by atoms with van der Waals surface area (Å²) in [7, 11) is 1.93. The third-order valence-corrected chi connectivity index (χ3v) is 6.26. The molecule has 3 heterocycles. The first kappa shape index (κ1) is 20.3. The van der Waals surface area contributed by atoms with Gasteiger partial charge in [0, 0.05) is 25.5 Å². The van der Waals surface area contributed by atoms with E-state index in [4.69, 9.17) is 4.98 Å². The van der Waals surface area contributed by atoms with Crippen LogP contribution in [0.15, 0.2) is 43.0 Å². The van der Waals surface area contributed by atoms with Gasteiger partial charge in [-0.1, -0.05) is 20.8 Å². The monoisotopic (exact) mass is 406 g/mol. The van der Waals surface area contributed by atoms with Gasteiger partial charge in [0.05, 0.1) is 18.1 Å². The minimum Gasteiger partial charge on any atom is -0.349 e. The summed E-state index contributed by atoms with van der Waals surface area (Å²) in [5, 5.41) is 7.52. The molecule has 0 spiro atoms. The van der Waals surface area contributed by atoms with Gasteiger partial charge in [0.1, 0.15) is 11.4 Å². The molecule has 30 heavy (non-hydrogen) atoms. The summed E-state index contributed by atoms with van der Waals surface area (Å²) in [6, 6.07) is 5.95. The average molecular weight is 407 g/mol. The van der Waals surface area contributed by atoms with Crippen molar-refractivity contribution in [2.45, 2.75) is 52.5 Å². The Hall–Kier alpha value is -2.96. The average Bonchev–Trinajstić information content (AvgIpc) is 3.17. The fourth-order valence-electron chi connectivity index (χ4n) is 4.26. The van der Waals surface area contributed by atoms with Gasteiger partial charge in [-0.05, 0) is 55.2 Å². The Morgan fingerprint density at radius 2 is 1.93 bits per heavy atom. The second kappa shape index (κ2) is 8.05. The largest absolute Gasteiger partial charge is 0.349 e. The van der Waals surface area contributed by atoms with Gasteiger partial charge < -0.3 is 10.2 Å². The van der Waals surface area contributed by atoms with E-state index in [0.717, 1.165) is 43.1 Å². The third kappa shape index (κ3) is 4.15. The number of rotatable bonds is 4. The highest BCUT2D eigenvalue weighted by Gasteiger charge is 2.30. The van der Waals surface area contributed by atoms with Crippen molar-refractivity contribution < 1.29 is 4.79 Å². The molecule has 4 rings (SSSR count). The zero-order valence-corrected chi connectivity index (χ0v) is 18.2. The van der Waals surface area contributed by atoms with Crippen molar-refractivity contribution in [2.75, 3.05) is 11.9 Å². The molecule has 1 aliphatic rings. The molecule has 1 N–H and O–H groups in total. The van der Waals surface area contributed by atoms with E-state index in [1.807, 2.05) is 36.3 Å². The maximum atomic E-state index is 13.0. The zero-order chi connectivity index (χ0) is 21.3. The highest BCUT2D eigenvalue weighted by Crippen LogP contribution is 2.37. The Morgan fingerprint density at radius 1 is 1.17 bits per heavy atom. The molecule has 0 aromatic carbocycles. The lowest BCUT2D eigenvalue weighted by molar-refractivity contribution is 0.0905. The number of pyridine rings is 1. The van der Waals surface area contributed by atoms with E-state index in [1.165, 1.54) is 0 Å². The Labute approximate surface area is 177 Å². The fourth-order valence-corrected chi connectivity index (χ4v) is 4.26. The molecule has 1 saturated carbocycles. The summed E-state index contributed by atoms with van der Waals surface area (Å²) in [6.07, 6.45) is 11.3. The standard InChI is InChI=1S/C23H30N6O/c1-23(2,3)16-7-9-17(10-8-16)26-22(30)19-15-25-29-13-11-20(27-21(19)29)28(4)18-6-5-12-24-14-18/h5-6,11-17H,7-10H2,1-4H3,(H,26,30). The van der Waals surface area contributed by atoms with E-state index >= 15 is 0 Å².